The first-order chi connectivity index (χ1) is 32.3. The van der Waals surface area contributed by atoms with Gasteiger partial charge in [0.05, 0.1) is 37.8 Å². The number of rotatable bonds is 15. The molecule has 68 heavy (non-hydrogen) atoms. The van der Waals surface area contributed by atoms with Crippen LogP contribution in [0.5, 0.6) is 0 Å². The molecule has 1 atom stereocenters. The maximum atomic E-state index is 13.0. The van der Waals surface area contributed by atoms with Gasteiger partial charge in [0.2, 0.25) is 5.36 Å². The van der Waals surface area contributed by atoms with Crippen LogP contribution < -0.4 is 25.5 Å². The van der Waals surface area contributed by atoms with Crippen LogP contribution in [0, 0.1) is 0 Å². The fraction of sp³-hybridized carbons (Fsp3) is 0.354. The van der Waals surface area contributed by atoms with Crippen molar-refractivity contribution in [2.24, 2.45) is 0 Å². The zero-order valence-electron chi connectivity index (χ0n) is 38.3. The minimum Gasteiger partial charge on any atom is -0.480 e. The van der Waals surface area contributed by atoms with Gasteiger partial charge < -0.3 is 45.5 Å². The standard InChI is InChI=1S/C48H56N8O11S/c1-51(2)33-10-13-37-40(23-33)67-41-24-34(52(3)4)11-14-38(41)46(37)36-12-9-32(22-39(36)47(65)66)50-48(68)49-31-7-5-30(6-8-31)21-35-25-55(28-44(61)62)18-17-53(26-42(57)58)15-16-54(27-43(59)60)19-20-56(35)29-45(63)64/h5-14,22-24,35H,15-21,25-29H2,1-4H3,(H6,49,57,58,59,60,61,62,63,64,65,66,68)/p+1. The van der Waals surface area contributed by atoms with Gasteiger partial charge in [0, 0.05) is 112 Å². The molecule has 0 bridgehead atoms. The zero-order valence-corrected chi connectivity index (χ0v) is 39.2. The number of carboxylic acid groups (broad SMARTS) is 5. The van der Waals surface area contributed by atoms with Gasteiger partial charge in [-0.05, 0) is 72.2 Å². The summed E-state index contributed by atoms with van der Waals surface area (Å²) in [7, 11) is 7.73. The molecule has 2 aliphatic heterocycles. The van der Waals surface area contributed by atoms with E-state index in [0.29, 0.717) is 40.3 Å². The van der Waals surface area contributed by atoms with Crippen LogP contribution in [-0.2, 0) is 25.6 Å². The fourth-order valence-corrected chi connectivity index (χ4v) is 8.61. The first-order valence-corrected chi connectivity index (χ1v) is 22.3. The Kier molecular flexibility index (Phi) is 16.8. The largest absolute Gasteiger partial charge is 0.480 e. The molecule has 0 spiro atoms. The van der Waals surface area contributed by atoms with Crippen molar-refractivity contribution in [3.05, 3.63) is 95.3 Å². The molecule has 2 heterocycles. The third-order valence-electron chi connectivity index (χ3n) is 11.8. The molecule has 3 aliphatic rings. The predicted octanol–water partition coefficient (Wildman–Crippen LogP) is 3.28. The molecule has 3 aromatic carbocycles. The van der Waals surface area contributed by atoms with E-state index in [9.17, 15) is 49.5 Å². The minimum atomic E-state index is -1.14. The third kappa shape index (κ3) is 13.6. The number of anilines is 3. The van der Waals surface area contributed by atoms with E-state index in [2.05, 4.69) is 10.6 Å². The van der Waals surface area contributed by atoms with Crippen LogP contribution in [0.15, 0.2) is 83.3 Å². The molecule has 6 rings (SSSR count). The first kappa shape index (κ1) is 50.4. The van der Waals surface area contributed by atoms with Crippen LogP contribution in [0.1, 0.15) is 15.9 Å². The normalized spacial score (nSPS) is 15.8. The summed E-state index contributed by atoms with van der Waals surface area (Å²) in [5, 5.41) is 57.6. The van der Waals surface area contributed by atoms with Crippen molar-refractivity contribution in [3.63, 3.8) is 0 Å². The Morgan fingerprint density at radius 1 is 0.676 bits per heavy atom. The van der Waals surface area contributed by atoms with Crippen molar-refractivity contribution < 1.29 is 53.9 Å². The van der Waals surface area contributed by atoms with Crippen molar-refractivity contribution in [2.45, 2.75) is 12.5 Å². The quantitative estimate of drug-likeness (QED) is 0.0452. The molecule has 1 saturated heterocycles. The number of aromatic carboxylic acids is 1. The highest BCUT2D eigenvalue weighted by Gasteiger charge is 2.28. The summed E-state index contributed by atoms with van der Waals surface area (Å²) >= 11 is 5.67. The highest BCUT2D eigenvalue weighted by Crippen LogP contribution is 2.42. The van der Waals surface area contributed by atoms with Gasteiger partial charge in [-0.25, -0.2) is 9.37 Å². The summed E-state index contributed by atoms with van der Waals surface area (Å²) in [4.78, 5) is 69.2. The predicted molar refractivity (Wildman–Crippen MR) is 262 cm³/mol. The second-order valence-corrected chi connectivity index (χ2v) is 17.6. The second kappa shape index (κ2) is 22.7. The molecule has 0 radical (unpaired) electrons. The van der Waals surface area contributed by atoms with Gasteiger partial charge in [-0.15, -0.1) is 0 Å². The van der Waals surface area contributed by atoms with Gasteiger partial charge in [-0.2, -0.15) is 0 Å². The van der Waals surface area contributed by atoms with Crippen LogP contribution in [0.4, 0.5) is 17.1 Å². The van der Waals surface area contributed by atoms with Crippen molar-refractivity contribution >= 4 is 75.2 Å². The highest BCUT2D eigenvalue weighted by molar-refractivity contribution is 7.80. The van der Waals surface area contributed by atoms with Crippen LogP contribution >= 0.6 is 12.2 Å². The first-order valence-electron chi connectivity index (χ1n) is 21.8. The monoisotopic (exact) mass is 953 g/mol. The molecule has 0 aromatic heterocycles. The SMILES string of the molecule is CN(C)c1ccc2c(-c3ccc(NC(=S)Nc4ccc(CC5CN(CC(=O)O)CCN(CC(=O)O)CCN(CC(=O)O)CCN5CC(=O)O)cc4)cc3C(=O)O)c3ccc(=[N+](C)C)cc-3oc2c1. The molecule has 0 saturated carbocycles. The lowest BCUT2D eigenvalue weighted by Gasteiger charge is -2.37. The van der Waals surface area contributed by atoms with E-state index in [4.69, 9.17) is 16.6 Å². The number of fused-ring (bicyclic) bond motifs is 2. The van der Waals surface area contributed by atoms with E-state index >= 15 is 0 Å². The number of carboxylic acids is 5. The summed E-state index contributed by atoms with van der Waals surface area (Å²) < 4.78 is 8.40. The summed E-state index contributed by atoms with van der Waals surface area (Å²) in [5.41, 5.74) is 5.32. The average Bonchev–Trinajstić information content (AvgIpc) is 3.26. The molecule has 20 heteroatoms. The number of nitrogens with one attached hydrogen (secondary N) is 2. The van der Waals surface area contributed by atoms with Gasteiger partial charge in [0.25, 0.3) is 0 Å². The van der Waals surface area contributed by atoms with E-state index in [1.165, 1.54) is 6.07 Å². The van der Waals surface area contributed by atoms with E-state index < -0.39 is 35.9 Å². The van der Waals surface area contributed by atoms with Crippen molar-refractivity contribution in [3.8, 4) is 22.5 Å². The summed E-state index contributed by atoms with van der Waals surface area (Å²) in [6, 6.07) is 23.4. The average molecular weight is 954 g/mol. The third-order valence-corrected chi connectivity index (χ3v) is 12.0. The molecule has 1 unspecified atom stereocenters. The summed E-state index contributed by atoms with van der Waals surface area (Å²) in [6.07, 6.45) is 0.294. The van der Waals surface area contributed by atoms with E-state index in [1.54, 1.807) is 43.9 Å². The fourth-order valence-electron chi connectivity index (χ4n) is 8.38. The van der Waals surface area contributed by atoms with Crippen molar-refractivity contribution in [2.75, 3.05) is 116 Å². The lowest BCUT2D eigenvalue weighted by Crippen LogP contribution is -2.53. The number of benzene rings is 4. The highest BCUT2D eigenvalue weighted by atomic mass is 32.1. The minimum absolute atomic E-state index is 0.0436. The van der Waals surface area contributed by atoms with Crippen LogP contribution in [-0.4, -0.2) is 186 Å². The molecule has 0 amide bonds. The molecule has 19 nitrogen and oxygen atoms in total. The van der Waals surface area contributed by atoms with Crippen molar-refractivity contribution in [1.82, 2.24) is 24.2 Å². The lowest BCUT2D eigenvalue weighted by molar-refractivity contribution is -0.142. The Morgan fingerprint density at radius 3 is 1.82 bits per heavy atom. The topological polar surface area (TPSA) is 243 Å². The van der Waals surface area contributed by atoms with Crippen LogP contribution in [0.2, 0.25) is 0 Å². The molecular formula is C48H57N8O11S+. The molecule has 1 fully saturated rings. The smallest absolute Gasteiger partial charge is 0.336 e. The van der Waals surface area contributed by atoms with E-state index in [-0.39, 0.29) is 82.7 Å². The number of hydrogen-bond acceptors (Lipinski definition) is 12. The lowest BCUT2D eigenvalue weighted by atomic mass is 9.90. The number of carbonyl (C=O) groups is 5. The Morgan fingerprint density at radius 2 is 1.24 bits per heavy atom. The zero-order chi connectivity index (χ0) is 49.2. The molecule has 360 valence electrons. The van der Waals surface area contributed by atoms with Gasteiger partial charge in [0.15, 0.2) is 5.11 Å². The number of thiocarbonyl (C=S) groups is 1. The number of hydrogen-bond donors (Lipinski definition) is 7. The number of aliphatic carboxylic acids is 4. The van der Waals surface area contributed by atoms with Gasteiger partial charge >= 0.3 is 29.8 Å². The van der Waals surface area contributed by atoms with Gasteiger partial charge in [-0.1, -0.05) is 18.2 Å². The Hall–Kier alpha value is -6.97. The maximum absolute atomic E-state index is 13.0. The molecule has 3 aromatic rings. The molecule has 7 N–H and O–H groups in total. The summed E-state index contributed by atoms with van der Waals surface area (Å²) in [5.74, 6) is -4.90. The van der Waals surface area contributed by atoms with Crippen LogP contribution in [0.25, 0.3) is 33.4 Å². The van der Waals surface area contributed by atoms with Crippen molar-refractivity contribution in [1.29, 1.82) is 0 Å². The Bertz CT molecular complexity index is 2720. The maximum Gasteiger partial charge on any atom is 0.336 e. The van der Waals surface area contributed by atoms with Crippen LogP contribution in [0.3, 0.4) is 0 Å². The summed E-state index contributed by atoms with van der Waals surface area (Å²) in [6.45, 7) is -0.152. The van der Waals surface area contributed by atoms with Gasteiger partial charge in [0.1, 0.15) is 25.4 Å². The number of nitrogens with zero attached hydrogens (tertiary/aromatic N) is 6. The van der Waals surface area contributed by atoms with E-state index in [0.717, 1.165) is 27.6 Å². The van der Waals surface area contributed by atoms with Gasteiger partial charge in [-0.3, -0.25) is 38.8 Å². The molecular weight excluding hydrogens is 897 g/mol. The Labute approximate surface area is 398 Å². The van der Waals surface area contributed by atoms with E-state index in [1.807, 2.05) is 86.2 Å². The Balaban J connectivity index is 1.23. The molecule has 1 aliphatic carbocycles. The second-order valence-electron chi connectivity index (χ2n) is 17.2.